The first-order chi connectivity index (χ1) is 8.75. The Labute approximate surface area is 110 Å². The second-order valence-corrected chi connectivity index (χ2v) is 5.43. The second-order valence-electron chi connectivity index (χ2n) is 3.67. The maximum Gasteiger partial charge on any atom is 0.518 e. The Hall–Kier alpha value is -1.28. The maximum atomic E-state index is 12.7. The number of halogens is 3. The Balaban J connectivity index is 3.37. The van der Waals surface area contributed by atoms with E-state index in [0.717, 1.165) is 5.01 Å². The zero-order chi connectivity index (χ0) is 14.7. The van der Waals surface area contributed by atoms with Gasteiger partial charge in [0.25, 0.3) is 0 Å². The maximum absolute atomic E-state index is 12.7. The van der Waals surface area contributed by atoms with Gasteiger partial charge in [-0.2, -0.15) is 26.0 Å². The van der Waals surface area contributed by atoms with E-state index < -0.39 is 15.5 Å². The van der Waals surface area contributed by atoms with E-state index in [1.54, 1.807) is 19.9 Å². The van der Waals surface area contributed by atoms with Gasteiger partial charge in [-0.1, -0.05) is 32.0 Å². The lowest BCUT2D eigenvalue weighted by Gasteiger charge is -2.34. The molecule has 0 amide bonds. The number of hydrogen-bond donors (Lipinski definition) is 0. The van der Waals surface area contributed by atoms with Crippen molar-refractivity contribution in [3.63, 3.8) is 0 Å². The first-order valence-corrected chi connectivity index (χ1v) is 7.11. The van der Waals surface area contributed by atoms with Crippen molar-refractivity contribution in [3.8, 4) is 0 Å². The molecular formula is C11H15F3N2O2S. The van der Waals surface area contributed by atoms with Crippen molar-refractivity contribution in [2.75, 3.05) is 17.5 Å². The Bertz CT molecular complexity index is 498. The fraction of sp³-hybridized carbons (Fsp3) is 0.455. The molecule has 0 saturated heterocycles. The molecule has 4 nitrogen and oxygen atoms in total. The molecule has 0 atom stereocenters. The normalized spacial score (nSPS) is 12.7. The molecule has 108 valence electrons. The summed E-state index contributed by atoms with van der Waals surface area (Å²) in [5.74, 6) is 0. The van der Waals surface area contributed by atoms with Gasteiger partial charge in [-0.25, -0.2) is 5.01 Å². The highest BCUT2D eigenvalue weighted by Gasteiger charge is 2.51. The van der Waals surface area contributed by atoms with Gasteiger partial charge in [0, 0.05) is 13.1 Å². The number of hydrogen-bond acceptors (Lipinski definition) is 3. The van der Waals surface area contributed by atoms with Crippen LogP contribution in [0.4, 0.5) is 18.9 Å². The fourth-order valence-electron chi connectivity index (χ4n) is 1.59. The molecule has 0 aliphatic rings. The van der Waals surface area contributed by atoms with Crippen LogP contribution in [-0.4, -0.2) is 32.0 Å². The number of sulfonamides is 1. The number of hydrazine groups is 1. The molecule has 0 spiro atoms. The molecule has 0 heterocycles. The third kappa shape index (κ3) is 3.19. The lowest BCUT2D eigenvalue weighted by atomic mass is 10.3. The standard InChI is InChI=1S/C11H15F3N2O2S/c1-3-15(4-2)16(10-8-6-5-7-9-10)19(17,18)11(12,13)14/h5-9H,3-4H2,1-2H3. The summed E-state index contributed by atoms with van der Waals surface area (Å²) in [6, 6.07) is 7.21. The molecule has 19 heavy (non-hydrogen) atoms. The van der Waals surface area contributed by atoms with Crippen LogP contribution in [0.5, 0.6) is 0 Å². The van der Waals surface area contributed by atoms with E-state index >= 15 is 0 Å². The molecule has 0 N–H and O–H groups in total. The van der Waals surface area contributed by atoms with Gasteiger partial charge in [-0.3, -0.25) is 0 Å². The van der Waals surface area contributed by atoms with E-state index in [2.05, 4.69) is 0 Å². The predicted octanol–water partition coefficient (Wildman–Crippen LogP) is 2.60. The highest BCUT2D eigenvalue weighted by Crippen LogP contribution is 2.31. The zero-order valence-corrected chi connectivity index (χ0v) is 11.4. The monoisotopic (exact) mass is 296 g/mol. The molecule has 0 unspecified atom stereocenters. The summed E-state index contributed by atoms with van der Waals surface area (Å²) in [6.45, 7) is 3.46. The summed E-state index contributed by atoms with van der Waals surface area (Å²) in [6.07, 6.45) is 0. The minimum Gasteiger partial charge on any atom is -0.207 e. The van der Waals surface area contributed by atoms with Crippen LogP contribution >= 0.6 is 0 Å². The summed E-state index contributed by atoms with van der Waals surface area (Å²) in [5.41, 5.74) is -5.38. The van der Waals surface area contributed by atoms with Gasteiger partial charge in [-0.05, 0) is 12.1 Å². The van der Waals surface area contributed by atoms with Crippen LogP contribution in [-0.2, 0) is 10.0 Å². The van der Waals surface area contributed by atoms with Gasteiger partial charge in [0.05, 0.1) is 5.69 Å². The molecule has 1 aromatic rings. The molecule has 0 aliphatic carbocycles. The first kappa shape index (κ1) is 15.8. The van der Waals surface area contributed by atoms with Crippen LogP contribution in [0.1, 0.15) is 13.8 Å². The SMILES string of the molecule is CCN(CC)N(c1ccccc1)S(=O)(=O)C(F)(F)F. The van der Waals surface area contributed by atoms with Gasteiger partial charge in [0.15, 0.2) is 0 Å². The van der Waals surface area contributed by atoms with Gasteiger partial charge < -0.3 is 0 Å². The van der Waals surface area contributed by atoms with E-state index in [1.165, 1.54) is 24.3 Å². The summed E-state index contributed by atoms with van der Waals surface area (Å²) < 4.78 is 61.9. The van der Waals surface area contributed by atoms with E-state index in [1.807, 2.05) is 0 Å². The molecule has 1 rings (SSSR count). The Morgan fingerprint density at radius 1 is 1.05 bits per heavy atom. The molecule has 8 heteroatoms. The molecule has 0 aromatic heterocycles. The minimum atomic E-state index is -5.46. The van der Waals surface area contributed by atoms with Crippen molar-refractivity contribution < 1.29 is 21.6 Å². The van der Waals surface area contributed by atoms with Crippen molar-refractivity contribution in [2.24, 2.45) is 0 Å². The highest BCUT2D eigenvalue weighted by atomic mass is 32.2. The third-order valence-corrected chi connectivity index (χ3v) is 3.97. The summed E-state index contributed by atoms with van der Waals surface area (Å²) in [4.78, 5) is 0. The van der Waals surface area contributed by atoms with Crippen LogP contribution in [0.3, 0.4) is 0 Å². The Morgan fingerprint density at radius 2 is 1.53 bits per heavy atom. The lowest BCUT2D eigenvalue weighted by molar-refractivity contribution is -0.0452. The summed E-state index contributed by atoms with van der Waals surface area (Å²) >= 11 is 0. The zero-order valence-electron chi connectivity index (χ0n) is 10.6. The van der Waals surface area contributed by atoms with Crippen molar-refractivity contribution in [3.05, 3.63) is 30.3 Å². The molecule has 0 fully saturated rings. The highest BCUT2D eigenvalue weighted by molar-refractivity contribution is 7.93. The number of rotatable bonds is 5. The van der Waals surface area contributed by atoms with Crippen molar-refractivity contribution in [1.82, 2.24) is 5.01 Å². The van der Waals surface area contributed by atoms with Crippen LogP contribution in [0.15, 0.2) is 30.3 Å². The number of alkyl halides is 3. The number of para-hydroxylation sites is 1. The molecule has 0 saturated carbocycles. The summed E-state index contributed by atoms with van der Waals surface area (Å²) in [5, 5.41) is 1.11. The first-order valence-electron chi connectivity index (χ1n) is 5.67. The minimum absolute atomic E-state index is 0.0384. The number of nitrogens with zero attached hydrogens (tertiary/aromatic N) is 2. The van der Waals surface area contributed by atoms with Gasteiger partial charge in [0.1, 0.15) is 0 Å². The van der Waals surface area contributed by atoms with Crippen LogP contribution < -0.4 is 4.41 Å². The predicted molar refractivity (Wildman–Crippen MR) is 66.8 cm³/mol. The van der Waals surface area contributed by atoms with E-state index in [4.69, 9.17) is 0 Å². The second kappa shape index (κ2) is 5.79. The largest absolute Gasteiger partial charge is 0.518 e. The molecule has 0 bridgehead atoms. The van der Waals surface area contributed by atoms with E-state index in [9.17, 15) is 21.6 Å². The lowest BCUT2D eigenvalue weighted by Crippen LogP contribution is -2.51. The van der Waals surface area contributed by atoms with Gasteiger partial charge in [0.2, 0.25) is 0 Å². The van der Waals surface area contributed by atoms with Crippen LogP contribution in [0, 0.1) is 0 Å². The molecule has 0 aliphatic heterocycles. The smallest absolute Gasteiger partial charge is 0.207 e. The van der Waals surface area contributed by atoms with E-state index in [-0.39, 0.29) is 18.8 Å². The number of anilines is 1. The fourth-order valence-corrected chi connectivity index (χ4v) is 2.72. The van der Waals surface area contributed by atoms with Crippen molar-refractivity contribution in [2.45, 2.75) is 19.4 Å². The van der Waals surface area contributed by atoms with Crippen molar-refractivity contribution >= 4 is 15.7 Å². The topological polar surface area (TPSA) is 40.6 Å². The van der Waals surface area contributed by atoms with Crippen molar-refractivity contribution in [1.29, 1.82) is 0 Å². The van der Waals surface area contributed by atoms with Gasteiger partial charge in [-0.15, -0.1) is 0 Å². The quantitative estimate of drug-likeness (QED) is 0.784. The van der Waals surface area contributed by atoms with E-state index in [0.29, 0.717) is 4.41 Å². The van der Waals surface area contributed by atoms with Crippen LogP contribution in [0.2, 0.25) is 0 Å². The molecular weight excluding hydrogens is 281 g/mol. The van der Waals surface area contributed by atoms with Crippen LogP contribution in [0.25, 0.3) is 0 Å². The summed E-state index contributed by atoms with van der Waals surface area (Å²) in [7, 11) is -5.46. The molecule has 1 aromatic carbocycles. The third-order valence-electron chi connectivity index (χ3n) is 2.48. The average Bonchev–Trinajstić information content (AvgIpc) is 2.35. The Morgan fingerprint density at radius 3 is 1.89 bits per heavy atom. The molecule has 0 radical (unpaired) electrons. The van der Waals surface area contributed by atoms with Gasteiger partial charge >= 0.3 is 15.5 Å². The number of benzene rings is 1. The average molecular weight is 296 g/mol. The Kier molecular flexibility index (Phi) is 4.81.